The molecule has 1 amide bonds. The number of rotatable bonds is 3. The van der Waals surface area contributed by atoms with Crippen LogP contribution in [0, 0.1) is 6.92 Å². The van der Waals surface area contributed by atoms with Gasteiger partial charge < -0.3 is 10.3 Å². The summed E-state index contributed by atoms with van der Waals surface area (Å²) in [5.41, 5.74) is 0.609. The molecular formula is C16H12F3N5O. The minimum atomic E-state index is -4.64. The lowest BCUT2D eigenvalue weighted by molar-refractivity contribution is -0.141. The van der Waals surface area contributed by atoms with Crippen molar-refractivity contribution < 1.29 is 18.0 Å². The first kappa shape index (κ1) is 16.6. The normalized spacial score (nSPS) is 11.4. The number of hydrogen-bond donors (Lipinski definition) is 2. The van der Waals surface area contributed by atoms with Crippen LogP contribution in [0.4, 0.5) is 18.9 Å². The van der Waals surface area contributed by atoms with Crippen LogP contribution in [0.1, 0.15) is 21.9 Å². The van der Waals surface area contributed by atoms with E-state index in [1.54, 1.807) is 30.5 Å². The molecule has 0 bridgehead atoms. The summed E-state index contributed by atoms with van der Waals surface area (Å²) in [5, 5.41) is 2.49. The number of H-pyrrole nitrogens is 1. The van der Waals surface area contributed by atoms with E-state index in [1.807, 2.05) is 6.92 Å². The van der Waals surface area contributed by atoms with Gasteiger partial charge in [0.15, 0.2) is 0 Å². The molecule has 0 radical (unpaired) electrons. The molecule has 0 aliphatic heterocycles. The van der Waals surface area contributed by atoms with E-state index in [9.17, 15) is 18.0 Å². The van der Waals surface area contributed by atoms with Crippen molar-refractivity contribution in [2.24, 2.45) is 0 Å². The molecule has 9 heteroatoms. The van der Waals surface area contributed by atoms with Crippen LogP contribution in [-0.2, 0) is 6.18 Å². The lowest BCUT2D eigenvalue weighted by Crippen LogP contribution is -2.16. The number of hydrogen-bond acceptors (Lipinski definition) is 4. The number of aryl methyl sites for hydroxylation is 1. The van der Waals surface area contributed by atoms with Crippen LogP contribution >= 0.6 is 0 Å². The number of halogens is 3. The highest BCUT2D eigenvalue weighted by Gasteiger charge is 2.33. The summed E-state index contributed by atoms with van der Waals surface area (Å²) in [4.78, 5) is 26.0. The molecule has 128 valence electrons. The first-order valence-corrected chi connectivity index (χ1v) is 7.15. The van der Waals surface area contributed by atoms with Gasteiger partial charge in [-0.05, 0) is 31.2 Å². The molecule has 0 spiro atoms. The second-order valence-corrected chi connectivity index (χ2v) is 5.23. The molecule has 0 aliphatic carbocycles. The molecule has 0 atom stereocenters. The van der Waals surface area contributed by atoms with Crippen LogP contribution in [0.15, 0.2) is 42.9 Å². The first-order chi connectivity index (χ1) is 11.8. The predicted octanol–water partition coefficient (Wildman–Crippen LogP) is 3.45. The SMILES string of the molecule is Cc1cnc(-c2ccc(NC(=O)c3cc(C(F)(F)F)ncn3)cc2)[nH]1. The maximum atomic E-state index is 12.6. The van der Waals surface area contributed by atoms with Crippen molar-refractivity contribution >= 4 is 11.6 Å². The van der Waals surface area contributed by atoms with Gasteiger partial charge in [0.25, 0.3) is 5.91 Å². The van der Waals surface area contributed by atoms with Crippen molar-refractivity contribution in [1.29, 1.82) is 0 Å². The number of imidazole rings is 1. The van der Waals surface area contributed by atoms with Crippen LogP contribution in [0.5, 0.6) is 0 Å². The van der Waals surface area contributed by atoms with Gasteiger partial charge in [0.05, 0.1) is 0 Å². The van der Waals surface area contributed by atoms with Crippen molar-refractivity contribution in [1.82, 2.24) is 19.9 Å². The second-order valence-electron chi connectivity index (χ2n) is 5.23. The molecule has 3 aromatic rings. The largest absolute Gasteiger partial charge is 0.433 e. The van der Waals surface area contributed by atoms with Crippen molar-refractivity contribution in [2.45, 2.75) is 13.1 Å². The van der Waals surface area contributed by atoms with Crippen LogP contribution in [0.2, 0.25) is 0 Å². The number of nitrogens with one attached hydrogen (secondary N) is 2. The van der Waals surface area contributed by atoms with E-state index in [2.05, 4.69) is 25.3 Å². The monoisotopic (exact) mass is 347 g/mol. The van der Waals surface area contributed by atoms with Crippen LogP contribution in [0.3, 0.4) is 0 Å². The standard InChI is InChI=1S/C16H12F3N5O/c1-9-7-20-14(23-9)10-2-4-11(5-3-10)24-15(25)12-6-13(16(17,18)19)22-8-21-12/h2-8H,1H3,(H,20,23)(H,24,25). The summed E-state index contributed by atoms with van der Waals surface area (Å²) in [5.74, 6) is -0.0736. The molecular weight excluding hydrogens is 335 g/mol. The third kappa shape index (κ3) is 3.82. The quantitative estimate of drug-likeness (QED) is 0.760. The number of carbonyl (C=O) groups excluding carboxylic acids is 1. The molecule has 6 nitrogen and oxygen atoms in total. The van der Waals surface area contributed by atoms with Crippen LogP contribution in [0.25, 0.3) is 11.4 Å². The van der Waals surface area contributed by atoms with E-state index < -0.39 is 17.8 Å². The van der Waals surface area contributed by atoms with Gasteiger partial charge in [0.1, 0.15) is 23.5 Å². The van der Waals surface area contributed by atoms with Gasteiger partial charge in [-0.2, -0.15) is 13.2 Å². The number of anilines is 1. The zero-order valence-electron chi connectivity index (χ0n) is 12.9. The third-order valence-electron chi connectivity index (χ3n) is 3.31. The fourth-order valence-electron chi connectivity index (χ4n) is 2.10. The Labute approximate surface area is 140 Å². The van der Waals surface area contributed by atoms with E-state index in [1.165, 1.54) is 0 Å². The Bertz CT molecular complexity index is 903. The van der Waals surface area contributed by atoms with E-state index in [-0.39, 0.29) is 5.69 Å². The number of nitrogens with zero attached hydrogens (tertiary/aromatic N) is 3. The van der Waals surface area contributed by atoms with Gasteiger partial charge in [-0.25, -0.2) is 15.0 Å². The minimum absolute atomic E-state index is 0.368. The molecule has 3 rings (SSSR count). The maximum absolute atomic E-state index is 12.6. The van der Waals surface area contributed by atoms with Crippen molar-refractivity contribution in [3.63, 3.8) is 0 Å². The molecule has 2 N–H and O–H groups in total. The average molecular weight is 347 g/mol. The zero-order chi connectivity index (χ0) is 18.0. The minimum Gasteiger partial charge on any atom is -0.342 e. The summed E-state index contributed by atoms with van der Waals surface area (Å²) in [6.07, 6.45) is -2.24. The fraction of sp³-hybridized carbons (Fsp3) is 0.125. The molecule has 0 unspecified atom stereocenters. The lowest BCUT2D eigenvalue weighted by atomic mass is 10.2. The summed E-state index contributed by atoms with van der Waals surface area (Å²) < 4.78 is 37.9. The van der Waals surface area contributed by atoms with Crippen molar-refractivity contribution in [2.75, 3.05) is 5.32 Å². The van der Waals surface area contributed by atoms with Crippen molar-refractivity contribution in [3.8, 4) is 11.4 Å². The number of carbonyl (C=O) groups is 1. The third-order valence-corrected chi connectivity index (χ3v) is 3.31. The average Bonchev–Trinajstić information content (AvgIpc) is 3.01. The van der Waals surface area contributed by atoms with E-state index in [0.717, 1.165) is 11.3 Å². The van der Waals surface area contributed by atoms with E-state index >= 15 is 0 Å². The molecule has 2 heterocycles. The van der Waals surface area contributed by atoms with Crippen LogP contribution < -0.4 is 5.32 Å². The topological polar surface area (TPSA) is 83.6 Å². The van der Waals surface area contributed by atoms with Gasteiger partial charge >= 0.3 is 6.18 Å². The summed E-state index contributed by atoms with van der Waals surface area (Å²) in [6.45, 7) is 1.88. The van der Waals surface area contributed by atoms with Crippen LogP contribution in [-0.4, -0.2) is 25.8 Å². The highest BCUT2D eigenvalue weighted by molar-refractivity contribution is 6.02. The lowest BCUT2D eigenvalue weighted by Gasteiger charge is -2.08. The number of alkyl halides is 3. The predicted molar refractivity (Wildman–Crippen MR) is 83.7 cm³/mol. The van der Waals surface area contributed by atoms with Gasteiger partial charge in [0, 0.05) is 29.2 Å². The zero-order valence-corrected chi connectivity index (χ0v) is 12.9. The number of aromatic nitrogens is 4. The summed E-state index contributed by atoms with van der Waals surface area (Å²) in [7, 11) is 0. The Balaban J connectivity index is 1.75. The molecule has 25 heavy (non-hydrogen) atoms. The van der Waals surface area contributed by atoms with Crippen molar-refractivity contribution in [3.05, 3.63) is 59.9 Å². The Hall–Kier alpha value is -3.23. The maximum Gasteiger partial charge on any atom is 0.433 e. The van der Waals surface area contributed by atoms with E-state index in [4.69, 9.17) is 0 Å². The highest BCUT2D eigenvalue weighted by Crippen LogP contribution is 2.27. The summed E-state index contributed by atoms with van der Waals surface area (Å²) >= 11 is 0. The molecule has 0 saturated carbocycles. The molecule has 1 aromatic carbocycles. The fourth-order valence-corrected chi connectivity index (χ4v) is 2.10. The molecule has 0 aliphatic rings. The molecule has 0 fully saturated rings. The Kier molecular flexibility index (Phi) is 4.22. The molecule has 0 saturated heterocycles. The van der Waals surface area contributed by atoms with Gasteiger partial charge in [-0.1, -0.05) is 0 Å². The van der Waals surface area contributed by atoms with Gasteiger partial charge in [-0.15, -0.1) is 0 Å². The highest BCUT2D eigenvalue weighted by atomic mass is 19.4. The smallest absolute Gasteiger partial charge is 0.342 e. The second kappa shape index (κ2) is 6.34. The van der Waals surface area contributed by atoms with E-state index in [0.29, 0.717) is 23.9 Å². The Morgan fingerprint density at radius 3 is 2.44 bits per heavy atom. The number of aromatic amines is 1. The Morgan fingerprint density at radius 2 is 1.84 bits per heavy atom. The van der Waals surface area contributed by atoms with Gasteiger partial charge in [-0.3, -0.25) is 4.79 Å². The number of benzene rings is 1. The Morgan fingerprint density at radius 1 is 1.12 bits per heavy atom. The summed E-state index contributed by atoms with van der Waals surface area (Å²) in [6, 6.07) is 7.31. The first-order valence-electron chi connectivity index (χ1n) is 7.15. The van der Waals surface area contributed by atoms with Gasteiger partial charge in [0.2, 0.25) is 0 Å². The number of amides is 1. The molecule has 2 aromatic heterocycles.